The molecule has 1 atom stereocenters. The molecule has 3 amide bonds. The number of morpholine rings is 1. The molecular formula is C23H32N4O3. The molecule has 1 N–H and O–H groups in total. The summed E-state index contributed by atoms with van der Waals surface area (Å²) in [5.74, 6) is 0.0430. The Morgan fingerprint density at radius 1 is 1.03 bits per heavy atom. The van der Waals surface area contributed by atoms with E-state index in [0.717, 1.165) is 61.7 Å². The van der Waals surface area contributed by atoms with E-state index in [-0.39, 0.29) is 18.0 Å². The van der Waals surface area contributed by atoms with Gasteiger partial charge in [0.15, 0.2) is 0 Å². The van der Waals surface area contributed by atoms with Crippen LogP contribution in [-0.2, 0) is 9.53 Å². The van der Waals surface area contributed by atoms with Crippen LogP contribution in [0.1, 0.15) is 34.7 Å². The average molecular weight is 413 g/mol. The first-order chi connectivity index (χ1) is 14.4. The first-order valence-corrected chi connectivity index (χ1v) is 10.8. The Labute approximate surface area is 178 Å². The molecule has 1 aromatic rings. The zero-order valence-corrected chi connectivity index (χ0v) is 18.5. The maximum atomic E-state index is 13.4. The van der Waals surface area contributed by atoms with Crippen molar-refractivity contribution in [2.45, 2.75) is 33.2 Å². The molecule has 0 aromatic heterocycles. The summed E-state index contributed by atoms with van der Waals surface area (Å²) in [6.45, 7) is 11.8. The minimum Gasteiger partial charge on any atom is -0.379 e. The van der Waals surface area contributed by atoms with E-state index >= 15 is 0 Å². The summed E-state index contributed by atoms with van der Waals surface area (Å²) < 4.78 is 5.40. The fourth-order valence-corrected chi connectivity index (χ4v) is 4.64. The maximum absolute atomic E-state index is 13.4. The Bertz CT molecular complexity index is 889. The third kappa shape index (κ3) is 3.84. The van der Waals surface area contributed by atoms with Crippen molar-refractivity contribution in [2.24, 2.45) is 0 Å². The molecule has 30 heavy (non-hydrogen) atoms. The first-order valence-electron chi connectivity index (χ1n) is 10.8. The van der Waals surface area contributed by atoms with Crippen LogP contribution in [0.3, 0.4) is 0 Å². The van der Waals surface area contributed by atoms with Crippen molar-refractivity contribution in [3.8, 4) is 0 Å². The molecule has 0 aliphatic carbocycles. The van der Waals surface area contributed by atoms with Gasteiger partial charge in [0, 0.05) is 33.2 Å². The van der Waals surface area contributed by atoms with Crippen LogP contribution in [0.15, 0.2) is 23.4 Å². The SMILES string of the molecule is Cc1cc(C)c(C2NC(=O)N(C)C3=C2C(=O)N(CCCN2CCOCC2)C3)cc1C. The number of benzene rings is 1. The Hall–Kier alpha value is -2.38. The minimum atomic E-state index is -0.389. The van der Waals surface area contributed by atoms with E-state index in [0.29, 0.717) is 13.1 Å². The number of carbonyl (C=O) groups is 2. The Kier molecular flexibility index (Phi) is 5.84. The van der Waals surface area contributed by atoms with E-state index in [1.54, 1.807) is 11.9 Å². The molecule has 7 nitrogen and oxygen atoms in total. The topological polar surface area (TPSA) is 65.1 Å². The molecule has 3 aliphatic heterocycles. The van der Waals surface area contributed by atoms with Crippen LogP contribution in [-0.4, -0.2) is 79.6 Å². The number of amides is 3. The number of likely N-dealkylation sites (N-methyl/N-ethyl adjacent to an activating group) is 1. The third-order valence-corrected chi connectivity index (χ3v) is 6.63. The summed E-state index contributed by atoms with van der Waals surface area (Å²) in [5.41, 5.74) is 6.03. The number of nitrogens with zero attached hydrogens (tertiary/aromatic N) is 3. The predicted octanol–water partition coefficient (Wildman–Crippen LogP) is 2.13. The molecule has 3 heterocycles. The molecule has 1 saturated heterocycles. The fourth-order valence-electron chi connectivity index (χ4n) is 4.64. The van der Waals surface area contributed by atoms with Crippen molar-refractivity contribution < 1.29 is 14.3 Å². The van der Waals surface area contributed by atoms with Gasteiger partial charge in [-0.3, -0.25) is 14.6 Å². The van der Waals surface area contributed by atoms with Gasteiger partial charge in [0.1, 0.15) is 0 Å². The minimum absolute atomic E-state index is 0.0430. The second-order valence-corrected chi connectivity index (χ2v) is 8.63. The Morgan fingerprint density at radius 3 is 2.47 bits per heavy atom. The standard InChI is InChI=1S/C23H32N4O3/c1-15-12-17(3)18(13-16(15)2)21-20-19(25(4)23(29)24-21)14-27(22(20)28)7-5-6-26-8-10-30-11-9-26/h12-13,21H,5-11,14H2,1-4H3,(H,24,29). The van der Waals surface area contributed by atoms with Crippen molar-refractivity contribution in [3.63, 3.8) is 0 Å². The van der Waals surface area contributed by atoms with E-state index in [1.165, 1.54) is 11.1 Å². The molecule has 0 saturated carbocycles. The van der Waals surface area contributed by atoms with Crippen LogP contribution in [0.4, 0.5) is 4.79 Å². The molecule has 3 aliphatic rings. The monoisotopic (exact) mass is 412 g/mol. The van der Waals surface area contributed by atoms with E-state index < -0.39 is 0 Å². The average Bonchev–Trinajstić information content (AvgIpc) is 3.05. The van der Waals surface area contributed by atoms with Crippen molar-refractivity contribution in [3.05, 3.63) is 45.7 Å². The molecule has 1 aromatic carbocycles. The predicted molar refractivity (Wildman–Crippen MR) is 115 cm³/mol. The van der Waals surface area contributed by atoms with Gasteiger partial charge < -0.3 is 15.0 Å². The molecule has 4 rings (SSSR count). The highest BCUT2D eigenvalue weighted by Crippen LogP contribution is 2.37. The number of urea groups is 1. The van der Waals surface area contributed by atoms with Gasteiger partial charge in [-0.25, -0.2) is 4.79 Å². The van der Waals surface area contributed by atoms with Gasteiger partial charge in [-0.2, -0.15) is 0 Å². The molecule has 0 radical (unpaired) electrons. The van der Waals surface area contributed by atoms with Crippen molar-refractivity contribution in [2.75, 3.05) is 53.0 Å². The summed E-state index contributed by atoms with van der Waals surface area (Å²) >= 11 is 0. The van der Waals surface area contributed by atoms with Crippen LogP contribution < -0.4 is 5.32 Å². The van der Waals surface area contributed by atoms with E-state index in [9.17, 15) is 9.59 Å². The zero-order valence-electron chi connectivity index (χ0n) is 18.5. The zero-order chi connectivity index (χ0) is 21.4. The van der Waals surface area contributed by atoms with E-state index in [4.69, 9.17) is 4.74 Å². The van der Waals surface area contributed by atoms with Gasteiger partial charge in [-0.1, -0.05) is 12.1 Å². The summed E-state index contributed by atoms with van der Waals surface area (Å²) in [5, 5.41) is 3.06. The molecule has 1 fully saturated rings. The van der Waals surface area contributed by atoms with Crippen LogP contribution in [0.25, 0.3) is 0 Å². The first kappa shape index (κ1) is 20.9. The second-order valence-electron chi connectivity index (χ2n) is 8.63. The van der Waals surface area contributed by atoms with Crippen molar-refractivity contribution >= 4 is 11.9 Å². The van der Waals surface area contributed by atoms with Gasteiger partial charge in [0.05, 0.1) is 37.1 Å². The molecule has 1 unspecified atom stereocenters. The molecule has 162 valence electrons. The number of carbonyl (C=O) groups excluding carboxylic acids is 2. The second kappa shape index (κ2) is 8.40. The highest BCUT2D eigenvalue weighted by Gasteiger charge is 2.43. The van der Waals surface area contributed by atoms with Crippen molar-refractivity contribution in [1.29, 1.82) is 0 Å². The van der Waals surface area contributed by atoms with E-state index in [2.05, 4.69) is 36.2 Å². The molecule has 0 bridgehead atoms. The van der Waals surface area contributed by atoms with Gasteiger partial charge in [-0.15, -0.1) is 0 Å². The van der Waals surface area contributed by atoms with Gasteiger partial charge in [-0.05, 0) is 49.4 Å². The van der Waals surface area contributed by atoms with Crippen molar-refractivity contribution in [1.82, 2.24) is 20.0 Å². The normalized spacial score (nSPS) is 22.6. The quantitative estimate of drug-likeness (QED) is 0.805. The van der Waals surface area contributed by atoms with Crippen LogP contribution in [0, 0.1) is 20.8 Å². The highest BCUT2D eigenvalue weighted by atomic mass is 16.5. The lowest BCUT2D eigenvalue weighted by Crippen LogP contribution is -2.45. The smallest absolute Gasteiger partial charge is 0.322 e. The number of aryl methyl sites for hydroxylation is 3. The van der Waals surface area contributed by atoms with Gasteiger partial charge in [0.2, 0.25) is 0 Å². The third-order valence-electron chi connectivity index (χ3n) is 6.63. The van der Waals surface area contributed by atoms with Crippen LogP contribution in [0.2, 0.25) is 0 Å². The number of rotatable bonds is 5. The lowest BCUT2D eigenvalue weighted by atomic mass is 9.90. The number of hydrogen-bond acceptors (Lipinski definition) is 4. The maximum Gasteiger partial charge on any atom is 0.322 e. The van der Waals surface area contributed by atoms with Gasteiger partial charge in [0.25, 0.3) is 5.91 Å². The number of ether oxygens (including phenoxy) is 1. The lowest BCUT2D eigenvalue weighted by Gasteiger charge is -2.32. The fraction of sp³-hybridized carbons (Fsp3) is 0.565. The van der Waals surface area contributed by atoms with Crippen LogP contribution in [0.5, 0.6) is 0 Å². The highest BCUT2D eigenvalue weighted by molar-refractivity contribution is 6.01. The Balaban J connectivity index is 1.53. The summed E-state index contributed by atoms with van der Waals surface area (Å²) in [7, 11) is 1.75. The Morgan fingerprint density at radius 2 is 1.73 bits per heavy atom. The summed E-state index contributed by atoms with van der Waals surface area (Å²) in [4.78, 5) is 31.9. The van der Waals surface area contributed by atoms with Crippen LogP contribution >= 0.6 is 0 Å². The van der Waals surface area contributed by atoms with E-state index in [1.807, 2.05) is 11.8 Å². The number of nitrogens with one attached hydrogen (secondary N) is 1. The molecule has 7 heteroatoms. The molecule has 0 spiro atoms. The lowest BCUT2D eigenvalue weighted by molar-refractivity contribution is -0.125. The summed E-state index contributed by atoms with van der Waals surface area (Å²) in [6, 6.07) is 3.70. The summed E-state index contributed by atoms with van der Waals surface area (Å²) in [6.07, 6.45) is 0.921. The molecular weight excluding hydrogens is 380 g/mol. The number of hydrogen-bond donors (Lipinski definition) is 1. The van der Waals surface area contributed by atoms with Gasteiger partial charge >= 0.3 is 6.03 Å². The largest absolute Gasteiger partial charge is 0.379 e.